The van der Waals surface area contributed by atoms with Gasteiger partial charge >= 0.3 is 0 Å². The van der Waals surface area contributed by atoms with Crippen molar-refractivity contribution in [1.29, 1.82) is 0 Å². The Kier molecular flexibility index (Phi) is 4.63. The van der Waals surface area contributed by atoms with Crippen LogP contribution >= 0.6 is 15.9 Å². The quantitative estimate of drug-likeness (QED) is 0.374. The Morgan fingerprint density at radius 3 is 2.12 bits per heavy atom. The summed E-state index contributed by atoms with van der Waals surface area (Å²) >= 11 is 3.26. The summed E-state index contributed by atoms with van der Waals surface area (Å²) in [4.78, 5) is 34.9. The SMILES string of the molecule is O=C(c1ccc([N+](=O)[O-])cc1)c1n[nH]c(C(=O)c2ccc(Br)cc2)c1O. The summed E-state index contributed by atoms with van der Waals surface area (Å²) in [5, 5.41) is 27.0. The van der Waals surface area contributed by atoms with Gasteiger partial charge in [-0.15, -0.1) is 0 Å². The number of halogens is 1. The number of carbonyl (C=O) groups excluding carboxylic acids is 2. The number of nitrogens with one attached hydrogen (secondary N) is 1. The van der Waals surface area contributed by atoms with Crippen LogP contribution < -0.4 is 0 Å². The molecular weight excluding hydrogens is 406 g/mol. The molecule has 0 spiro atoms. The molecule has 0 radical (unpaired) electrons. The van der Waals surface area contributed by atoms with Crippen LogP contribution in [0.15, 0.2) is 53.0 Å². The van der Waals surface area contributed by atoms with Gasteiger partial charge in [0.25, 0.3) is 5.69 Å². The second kappa shape index (κ2) is 6.89. The highest BCUT2D eigenvalue weighted by atomic mass is 79.9. The van der Waals surface area contributed by atoms with E-state index in [2.05, 4.69) is 26.1 Å². The second-order valence-corrected chi connectivity index (χ2v) is 6.18. The van der Waals surface area contributed by atoms with E-state index in [1.54, 1.807) is 24.3 Å². The molecule has 3 aromatic rings. The minimum absolute atomic E-state index is 0.0973. The highest BCUT2D eigenvalue weighted by molar-refractivity contribution is 9.10. The molecule has 0 bridgehead atoms. The molecular formula is C17H10BrN3O5. The zero-order valence-electron chi connectivity index (χ0n) is 13.0. The summed E-state index contributed by atoms with van der Waals surface area (Å²) in [5.74, 6) is -1.75. The number of benzene rings is 2. The smallest absolute Gasteiger partial charge is 0.269 e. The van der Waals surface area contributed by atoms with Crippen molar-refractivity contribution in [3.63, 3.8) is 0 Å². The number of aromatic amines is 1. The first-order chi connectivity index (χ1) is 12.4. The fourth-order valence-corrected chi connectivity index (χ4v) is 2.53. The van der Waals surface area contributed by atoms with Crippen LogP contribution in [-0.4, -0.2) is 31.8 Å². The molecule has 0 saturated heterocycles. The lowest BCUT2D eigenvalue weighted by Gasteiger charge is -2.00. The van der Waals surface area contributed by atoms with Gasteiger partial charge in [0.05, 0.1) is 4.92 Å². The maximum absolute atomic E-state index is 12.4. The zero-order valence-corrected chi connectivity index (χ0v) is 14.6. The Morgan fingerprint density at radius 2 is 1.54 bits per heavy atom. The molecule has 2 aromatic carbocycles. The summed E-state index contributed by atoms with van der Waals surface area (Å²) in [6.45, 7) is 0. The molecule has 2 N–H and O–H groups in total. The predicted molar refractivity (Wildman–Crippen MR) is 94.4 cm³/mol. The van der Waals surface area contributed by atoms with Crippen LogP contribution in [0.25, 0.3) is 0 Å². The van der Waals surface area contributed by atoms with Crippen LogP contribution in [0.3, 0.4) is 0 Å². The lowest BCUT2D eigenvalue weighted by Crippen LogP contribution is -2.03. The Labute approximate surface area is 154 Å². The largest absolute Gasteiger partial charge is 0.504 e. The standard InChI is InChI=1S/C17H10BrN3O5/c18-11-5-1-9(2-6-11)15(22)13-17(24)14(20-19-13)16(23)10-3-7-12(8-4-10)21(25)26/h1-8,24H,(H,19,20). The number of nitrogens with zero attached hydrogens (tertiary/aromatic N) is 2. The highest BCUT2D eigenvalue weighted by Crippen LogP contribution is 2.25. The van der Waals surface area contributed by atoms with Gasteiger partial charge in [0.2, 0.25) is 11.6 Å². The molecule has 0 aliphatic carbocycles. The Morgan fingerprint density at radius 1 is 1.00 bits per heavy atom. The minimum atomic E-state index is -0.663. The molecule has 0 aliphatic rings. The normalized spacial score (nSPS) is 10.5. The molecule has 9 heteroatoms. The van der Waals surface area contributed by atoms with Crippen LogP contribution in [0.5, 0.6) is 5.75 Å². The maximum Gasteiger partial charge on any atom is 0.269 e. The van der Waals surface area contributed by atoms with Gasteiger partial charge in [0.15, 0.2) is 11.4 Å². The van der Waals surface area contributed by atoms with Crippen molar-refractivity contribution in [1.82, 2.24) is 10.2 Å². The molecule has 0 unspecified atom stereocenters. The summed E-state index contributed by atoms with van der Waals surface area (Å²) in [5.41, 5.74) is -0.308. The maximum atomic E-state index is 12.4. The van der Waals surface area contributed by atoms with Gasteiger partial charge in [0, 0.05) is 27.7 Å². The van der Waals surface area contributed by atoms with Gasteiger partial charge in [-0.2, -0.15) is 5.10 Å². The lowest BCUT2D eigenvalue weighted by molar-refractivity contribution is -0.384. The second-order valence-electron chi connectivity index (χ2n) is 5.26. The number of carbonyl (C=O) groups is 2. The molecule has 26 heavy (non-hydrogen) atoms. The minimum Gasteiger partial charge on any atom is -0.504 e. The molecule has 3 rings (SSSR count). The van der Waals surface area contributed by atoms with Crippen LogP contribution in [0.1, 0.15) is 32.1 Å². The van der Waals surface area contributed by atoms with E-state index < -0.39 is 22.2 Å². The van der Waals surface area contributed by atoms with Gasteiger partial charge in [0.1, 0.15) is 5.69 Å². The van der Waals surface area contributed by atoms with E-state index in [1.165, 1.54) is 24.3 Å². The number of aromatic hydroxyl groups is 1. The molecule has 0 fully saturated rings. The number of ketones is 2. The van der Waals surface area contributed by atoms with Crippen LogP contribution in [0.2, 0.25) is 0 Å². The van der Waals surface area contributed by atoms with Crippen molar-refractivity contribution < 1.29 is 19.6 Å². The average molecular weight is 416 g/mol. The van der Waals surface area contributed by atoms with Gasteiger partial charge in [-0.05, 0) is 36.4 Å². The molecule has 0 saturated carbocycles. The molecule has 0 atom stereocenters. The van der Waals surface area contributed by atoms with E-state index in [0.717, 1.165) is 4.47 Å². The first-order valence-corrected chi connectivity index (χ1v) is 8.04. The van der Waals surface area contributed by atoms with Crippen molar-refractivity contribution in [2.45, 2.75) is 0 Å². The van der Waals surface area contributed by atoms with E-state index in [9.17, 15) is 24.8 Å². The van der Waals surface area contributed by atoms with Crippen LogP contribution in [0.4, 0.5) is 5.69 Å². The number of H-pyrrole nitrogens is 1. The van der Waals surface area contributed by atoms with Crippen molar-refractivity contribution in [3.05, 3.63) is 85.6 Å². The third kappa shape index (κ3) is 3.24. The summed E-state index contributed by atoms with van der Waals surface area (Å²) in [6, 6.07) is 11.3. The third-order valence-corrected chi connectivity index (χ3v) is 4.16. The van der Waals surface area contributed by atoms with Crippen LogP contribution in [-0.2, 0) is 0 Å². The van der Waals surface area contributed by atoms with E-state index in [0.29, 0.717) is 5.56 Å². The Hall–Kier alpha value is -3.33. The van der Waals surface area contributed by atoms with E-state index in [1.807, 2.05) is 0 Å². The fourth-order valence-electron chi connectivity index (χ4n) is 2.27. The third-order valence-electron chi connectivity index (χ3n) is 3.63. The number of aromatic nitrogens is 2. The van der Waals surface area contributed by atoms with Crippen LogP contribution in [0, 0.1) is 10.1 Å². The van der Waals surface area contributed by atoms with Gasteiger partial charge in [-0.1, -0.05) is 15.9 Å². The van der Waals surface area contributed by atoms with E-state index in [-0.39, 0.29) is 22.6 Å². The Bertz CT molecular complexity index is 1010. The first kappa shape index (κ1) is 17.5. The highest BCUT2D eigenvalue weighted by Gasteiger charge is 2.25. The monoisotopic (exact) mass is 415 g/mol. The van der Waals surface area contributed by atoms with Gasteiger partial charge in [-0.3, -0.25) is 24.8 Å². The van der Waals surface area contributed by atoms with Crippen molar-refractivity contribution in [2.24, 2.45) is 0 Å². The number of non-ortho nitro benzene ring substituents is 1. The molecule has 8 nitrogen and oxygen atoms in total. The summed E-state index contributed by atoms with van der Waals surface area (Å²) < 4.78 is 0.789. The molecule has 130 valence electrons. The molecule has 0 amide bonds. The summed E-state index contributed by atoms with van der Waals surface area (Å²) in [6.07, 6.45) is 0. The number of hydrogen-bond acceptors (Lipinski definition) is 6. The lowest BCUT2D eigenvalue weighted by atomic mass is 10.0. The van der Waals surface area contributed by atoms with Crippen molar-refractivity contribution in [2.75, 3.05) is 0 Å². The average Bonchev–Trinajstić information content (AvgIpc) is 3.02. The zero-order chi connectivity index (χ0) is 18.8. The molecule has 1 heterocycles. The van der Waals surface area contributed by atoms with Gasteiger partial charge < -0.3 is 5.11 Å². The van der Waals surface area contributed by atoms with Crippen molar-refractivity contribution in [3.8, 4) is 5.75 Å². The summed E-state index contributed by atoms with van der Waals surface area (Å²) in [7, 11) is 0. The fraction of sp³-hybridized carbons (Fsp3) is 0. The molecule has 0 aliphatic heterocycles. The van der Waals surface area contributed by atoms with Gasteiger partial charge in [-0.25, -0.2) is 0 Å². The number of nitro benzene ring substituents is 1. The number of hydrogen-bond donors (Lipinski definition) is 2. The van der Waals surface area contributed by atoms with E-state index in [4.69, 9.17) is 0 Å². The molecule has 1 aromatic heterocycles. The van der Waals surface area contributed by atoms with E-state index >= 15 is 0 Å². The Balaban J connectivity index is 1.90. The predicted octanol–water partition coefficient (Wildman–Crippen LogP) is 3.25. The number of nitro groups is 1. The van der Waals surface area contributed by atoms with Crippen molar-refractivity contribution >= 4 is 33.2 Å². The number of rotatable bonds is 5. The topological polar surface area (TPSA) is 126 Å². The first-order valence-electron chi connectivity index (χ1n) is 7.25.